The molecule has 2 rings (SSSR count). The molecule has 16 heavy (non-hydrogen) atoms. The molecule has 0 amide bonds. The Morgan fingerprint density at radius 1 is 1.44 bits per heavy atom. The van der Waals surface area contributed by atoms with Crippen molar-refractivity contribution >= 4 is 6.29 Å². The number of nitrogens with zero attached hydrogens (tertiary/aromatic N) is 3. The average molecular weight is 215 g/mol. The zero-order valence-corrected chi connectivity index (χ0v) is 8.91. The van der Waals surface area contributed by atoms with Gasteiger partial charge in [-0.3, -0.25) is 4.79 Å². The number of carbonyl (C=O) groups excluding carboxylic acids is 1. The fourth-order valence-corrected chi connectivity index (χ4v) is 1.69. The van der Waals surface area contributed by atoms with Crippen LogP contribution in [0.3, 0.4) is 0 Å². The molecule has 0 radical (unpaired) electrons. The minimum absolute atomic E-state index is 0.644. The summed E-state index contributed by atoms with van der Waals surface area (Å²) in [6.07, 6.45) is 8.03. The molecular weight excluding hydrogens is 202 g/mol. The van der Waals surface area contributed by atoms with Gasteiger partial charge in [-0.15, -0.1) is 6.58 Å². The van der Waals surface area contributed by atoms with Crippen molar-refractivity contribution in [2.24, 2.45) is 0 Å². The van der Waals surface area contributed by atoms with Crippen LogP contribution in [0.15, 0.2) is 43.5 Å². The molecule has 0 aliphatic carbocycles. The van der Waals surface area contributed by atoms with Crippen molar-refractivity contribution in [3.05, 3.63) is 54.9 Å². The molecule has 0 atom stereocenters. The van der Waals surface area contributed by atoms with E-state index < -0.39 is 0 Å². The highest BCUT2D eigenvalue weighted by Gasteiger charge is 2.06. The number of aromatic nitrogens is 3. The van der Waals surface area contributed by atoms with Gasteiger partial charge in [-0.25, -0.2) is 4.98 Å². The van der Waals surface area contributed by atoms with Crippen LogP contribution in [0.5, 0.6) is 0 Å². The molecule has 4 heteroatoms. The molecule has 0 spiro atoms. The van der Waals surface area contributed by atoms with Crippen LogP contribution in [0.2, 0.25) is 0 Å². The van der Waals surface area contributed by atoms with E-state index >= 15 is 0 Å². The Morgan fingerprint density at radius 3 is 2.94 bits per heavy atom. The third-order valence-electron chi connectivity index (χ3n) is 2.44. The van der Waals surface area contributed by atoms with Gasteiger partial charge in [-0.2, -0.15) is 0 Å². The molecule has 4 nitrogen and oxygen atoms in total. The van der Waals surface area contributed by atoms with Gasteiger partial charge >= 0.3 is 0 Å². The van der Waals surface area contributed by atoms with Gasteiger partial charge in [0.15, 0.2) is 6.29 Å². The van der Waals surface area contributed by atoms with E-state index in [4.69, 9.17) is 0 Å². The second kappa shape index (κ2) is 4.61. The molecule has 0 saturated heterocycles. The van der Waals surface area contributed by atoms with Crippen LogP contribution >= 0.6 is 0 Å². The zero-order chi connectivity index (χ0) is 11.4. The first-order chi connectivity index (χ1) is 7.85. The maximum Gasteiger partial charge on any atom is 0.166 e. The van der Waals surface area contributed by atoms with Crippen LogP contribution in [0, 0.1) is 0 Å². The van der Waals surface area contributed by atoms with Crippen molar-refractivity contribution in [1.29, 1.82) is 0 Å². The first-order valence-electron chi connectivity index (χ1n) is 5.05. The van der Waals surface area contributed by atoms with Crippen LogP contribution < -0.4 is 0 Å². The lowest BCUT2D eigenvalue weighted by Gasteiger charge is -2.08. The quantitative estimate of drug-likeness (QED) is 0.563. The number of allylic oxidation sites excluding steroid dienone is 1. The van der Waals surface area contributed by atoms with Crippen LogP contribution in [-0.2, 0) is 13.1 Å². The molecule has 0 fully saturated rings. The first-order valence-corrected chi connectivity index (χ1v) is 5.05. The van der Waals surface area contributed by atoms with Gasteiger partial charge in [-0.05, 0) is 12.1 Å². The van der Waals surface area contributed by atoms with Gasteiger partial charge < -0.3 is 9.13 Å². The SMILES string of the molecule is C=CCn1c(C=O)ccc1Cn1ccnc1. The predicted molar refractivity (Wildman–Crippen MR) is 61.3 cm³/mol. The largest absolute Gasteiger partial charge is 0.337 e. The monoisotopic (exact) mass is 215 g/mol. The molecule has 0 unspecified atom stereocenters. The molecule has 2 heterocycles. The van der Waals surface area contributed by atoms with E-state index in [9.17, 15) is 4.79 Å². The number of rotatable bonds is 5. The van der Waals surface area contributed by atoms with Crippen LogP contribution in [0.1, 0.15) is 16.2 Å². The maximum atomic E-state index is 10.8. The number of imidazole rings is 1. The van der Waals surface area contributed by atoms with Gasteiger partial charge in [0, 0.05) is 24.6 Å². The van der Waals surface area contributed by atoms with Gasteiger partial charge in [0.05, 0.1) is 18.6 Å². The molecule has 0 aliphatic heterocycles. The number of hydrogen-bond acceptors (Lipinski definition) is 2. The Morgan fingerprint density at radius 2 is 2.31 bits per heavy atom. The third kappa shape index (κ3) is 1.95. The van der Waals surface area contributed by atoms with E-state index in [0.717, 1.165) is 12.0 Å². The lowest BCUT2D eigenvalue weighted by Crippen LogP contribution is -2.08. The Kier molecular flexibility index (Phi) is 3.00. The first kappa shape index (κ1) is 10.4. The van der Waals surface area contributed by atoms with Gasteiger partial charge in [0.2, 0.25) is 0 Å². The Balaban J connectivity index is 2.29. The van der Waals surface area contributed by atoms with E-state index in [1.54, 1.807) is 18.6 Å². The Bertz CT molecular complexity index is 482. The Labute approximate surface area is 93.8 Å². The molecule has 0 N–H and O–H groups in total. The number of hydrogen-bond donors (Lipinski definition) is 0. The van der Waals surface area contributed by atoms with Crippen LogP contribution in [0.25, 0.3) is 0 Å². The lowest BCUT2D eigenvalue weighted by atomic mass is 10.4. The Hall–Kier alpha value is -2.10. The van der Waals surface area contributed by atoms with Crippen LogP contribution in [-0.4, -0.2) is 20.4 Å². The van der Waals surface area contributed by atoms with Crippen molar-refractivity contribution in [2.75, 3.05) is 0 Å². The van der Waals surface area contributed by atoms with E-state index in [1.165, 1.54) is 0 Å². The van der Waals surface area contributed by atoms with Crippen molar-refractivity contribution < 1.29 is 4.79 Å². The second-order valence-electron chi connectivity index (χ2n) is 3.50. The average Bonchev–Trinajstić information content (AvgIpc) is 2.91. The summed E-state index contributed by atoms with van der Waals surface area (Å²) in [4.78, 5) is 14.8. The molecule has 82 valence electrons. The smallest absolute Gasteiger partial charge is 0.166 e. The summed E-state index contributed by atoms with van der Waals surface area (Å²) in [5.41, 5.74) is 1.75. The van der Waals surface area contributed by atoms with Crippen molar-refractivity contribution in [3.8, 4) is 0 Å². The minimum Gasteiger partial charge on any atom is -0.337 e. The standard InChI is InChI=1S/C12H13N3O/c1-2-6-15-11(3-4-12(15)9-16)8-14-7-5-13-10-14/h2-5,7,9-10H,1,6,8H2. The van der Waals surface area contributed by atoms with E-state index in [1.807, 2.05) is 27.5 Å². The molecule has 0 aliphatic rings. The normalized spacial score (nSPS) is 10.2. The molecule has 0 aromatic carbocycles. The highest BCUT2D eigenvalue weighted by Crippen LogP contribution is 2.09. The van der Waals surface area contributed by atoms with E-state index in [0.29, 0.717) is 18.8 Å². The topological polar surface area (TPSA) is 39.8 Å². The zero-order valence-electron chi connectivity index (χ0n) is 8.91. The number of aldehydes is 1. The summed E-state index contributed by atoms with van der Waals surface area (Å²) in [5.74, 6) is 0. The maximum absolute atomic E-state index is 10.8. The summed E-state index contributed by atoms with van der Waals surface area (Å²) in [6.45, 7) is 5.05. The van der Waals surface area contributed by atoms with Crippen molar-refractivity contribution in [3.63, 3.8) is 0 Å². The van der Waals surface area contributed by atoms with Gasteiger partial charge in [0.1, 0.15) is 0 Å². The minimum atomic E-state index is 0.644. The van der Waals surface area contributed by atoms with Crippen molar-refractivity contribution in [2.45, 2.75) is 13.1 Å². The van der Waals surface area contributed by atoms with Gasteiger partial charge in [0.25, 0.3) is 0 Å². The molecule has 2 aromatic heterocycles. The summed E-state index contributed by atoms with van der Waals surface area (Å²) in [6, 6.07) is 3.77. The summed E-state index contributed by atoms with van der Waals surface area (Å²) < 4.78 is 3.91. The summed E-state index contributed by atoms with van der Waals surface area (Å²) in [5, 5.41) is 0. The highest BCUT2D eigenvalue weighted by atomic mass is 16.1. The molecular formula is C12H13N3O. The van der Waals surface area contributed by atoms with E-state index in [2.05, 4.69) is 11.6 Å². The van der Waals surface area contributed by atoms with Gasteiger partial charge in [-0.1, -0.05) is 6.08 Å². The predicted octanol–water partition coefficient (Wildman–Crippen LogP) is 1.73. The molecule has 0 bridgehead atoms. The fourth-order valence-electron chi connectivity index (χ4n) is 1.69. The van der Waals surface area contributed by atoms with Crippen molar-refractivity contribution in [1.82, 2.24) is 14.1 Å². The second-order valence-corrected chi connectivity index (χ2v) is 3.50. The molecule has 2 aromatic rings. The molecule has 0 saturated carbocycles. The van der Waals surface area contributed by atoms with Crippen LogP contribution in [0.4, 0.5) is 0 Å². The highest BCUT2D eigenvalue weighted by molar-refractivity contribution is 5.72. The van der Waals surface area contributed by atoms with E-state index in [-0.39, 0.29) is 0 Å². The summed E-state index contributed by atoms with van der Waals surface area (Å²) >= 11 is 0. The third-order valence-corrected chi connectivity index (χ3v) is 2.44. The summed E-state index contributed by atoms with van der Waals surface area (Å²) in [7, 11) is 0. The fraction of sp³-hybridized carbons (Fsp3) is 0.167. The lowest BCUT2D eigenvalue weighted by molar-refractivity contribution is 0.111. The number of carbonyl (C=O) groups is 1.